The summed E-state index contributed by atoms with van der Waals surface area (Å²) >= 11 is -1.31. The van der Waals surface area contributed by atoms with E-state index in [2.05, 4.69) is 34.6 Å². The topological polar surface area (TPSA) is 0 Å². The van der Waals surface area contributed by atoms with Crippen LogP contribution in [0.5, 0.6) is 0 Å². The Bertz CT molecular complexity index is 75.5. The molecule has 0 bridgehead atoms. The Balaban J connectivity index is 0. The van der Waals surface area contributed by atoms with E-state index in [9.17, 15) is 0 Å². The zero-order valence-corrected chi connectivity index (χ0v) is 14.9. The molecular formula is C10H25ClGe2. The predicted octanol–water partition coefficient (Wildman–Crippen LogP) is 4.80. The summed E-state index contributed by atoms with van der Waals surface area (Å²) in [5, 5.41) is 7.09. The molecule has 0 aromatic rings. The summed E-state index contributed by atoms with van der Waals surface area (Å²) in [5.74, 6) is 0. The first-order valence-corrected chi connectivity index (χ1v) is 15.7. The molecule has 0 N–H and O–H groups in total. The van der Waals surface area contributed by atoms with E-state index in [-0.39, 0.29) is 0 Å². The Morgan fingerprint density at radius 3 is 1.00 bits per heavy atom. The fourth-order valence-electron chi connectivity index (χ4n) is 1.000. The van der Waals surface area contributed by atoms with Gasteiger partial charge in [-0.15, -0.1) is 0 Å². The van der Waals surface area contributed by atoms with Gasteiger partial charge in [-0.25, -0.2) is 0 Å². The summed E-state index contributed by atoms with van der Waals surface area (Å²) < 4.78 is 0. The van der Waals surface area contributed by atoms with Crippen molar-refractivity contribution in [3.05, 3.63) is 0 Å². The van der Waals surface area contributed by atoms with E-state index in [0.717, 1.165) is 0 Å². The molecule has 0 atom stereocenters. The Morgan fingerprint density at radius 2 is 1.00 bits per heavy atom. The monoisotopic (exact) mass is 328 g/mol. The summed E-state index contributed by atoms with van der Waals surface area (Å²) in [7, 11) is 5.82. The first-order chi connectivity index (χ1) is 6.15. The Kier molecular flexibility index (Phi) is 17.3. The Labute approximate surface area is 98.2 Å². The van der Waals surface area contributed by atoms with Crippen LogP contribution < -0.4 is 0 Å². The van der Waals surface area contributed by atoms with Crippen molar-refractivity contribution in [1.82, 2.24) is 0 Å². The van der Waals surface area contributed by atoms with Crippen molar-refractivity contribution in [3.8, 4) is 0 Å². The molecule has 0 spiro atoms. The first-order valence-electron chi connectivity index (χ1n) is 5.49. The second-order valence-corrected chi connectivity index (χ2v) is 18.5. The minimum atomic E-state index is -0.907. The standard InChI is InChI=1S/C6H15Ge.C4H10ClGe/c1-4-7(5-2)6-3;1-3-6(5)4-2/h4-6H2,1-3H3;3-4H2,1-2H3. The van der Waals surface area contributed by atoms with Crippen LogP contribution in [0.25, 0.3) is 0 Å². The Hall–Kier alpha value is 1.38. The van der Waals surface area contributed by atoms with Crippen molar-refractivity contribution in [1.29, 1.82) is 0 Å². The fraction of sp³-hybridized carbons (Fsp3) is 1.00. The molecule has 0 aliphatic carbocycles. The molecule has 0 aromatic carbocycles. The van der Waals surface area contributed by atoms with Gasteiger partial charge in [-0.1, -0.05) is 0 Å². The van der Waals surface area contributed by atoms with Gasteiger partial charge in [0.25, 0.3) is 0 Å². The fourth-order valence-corrected chi connectivity index (χ4v) is 5.20. The van der Waals surface area contributed by atoms with Gasteiger partial charge in [0.1, 0.15) is 0 Å². The zero-order chi connectivity index (χ0) is 10.7. The predicted molar refractivity (Wildman–Crippen MR) is 69.8 cm³/mol. The molecule has 0 amide bonds. The molecule has 3 heteroatoms. The van der Waals surface area contributed by atoms with E-state index in [0.29, 0.717) is 0 Å². The average Bonchev–Trinajstić information content (AvgIpc) is 2.20. The molecule has 0 saturated carbocycles. The summed E-state index contributed by atoms with van der Waals surface area (Å²) in [4.78, 5) is 0. The summed E-state index contributed by atoms with van der Waals surface area (Å²) in [6.07, 6.45) is 0. The van der Waals surface area contributed by atoms with Gasteiger partial charge < -0.3 is 0 Å². The van der Waals surface area contributed by atoms with Crippen LogP contribution in [0, 0.1) is 0 Å². The van der Waals surface area contributed by atoms with Gasteiger partial charge in [0, 0.05) is 0 Å². The molecule has 0 rings (SSSR count). The van der Waals surface area contributed by atoms with Crippen LogP contribution in [-0.2, 0) is 0 Å². The molecule has 0 unspecified atom stereocenters. The molecule has 2 radical (unpaired) electrons. The van der Waals surface area contributed by atoms with Crippen LogP contribution in [0.2, 0.25) is 26.3 Å². The second-order valence-electron chi connectivity index (χ2n) is 3.04. The molecule has 0 aliphatic heterocycles. The number of halogens is 1. The first kappa shape index (κ1) is 16.8. The van der Waals surface area contributed by atoms with Crippen LogP contribution in [0.4, 0.5) is 0 Å². The number of hydrogen-bond donors (Lipinski definition) is 0. The average molecular weight is 326 g/mol. The van der Waals surface area contributed by atoms with E-state index in [1.54, 1.807) is 0 Å². The molecule has 0 aliphatic rings. The quantitative estimate of drug-likeness (QED) is 0.637. The molecule has 13 heavy (non-hydrogen) atoms. The van der Waals surface area contributed by atoms with Crippen molar-refractivity contribution in [2.45, 2.75) is 60.9 Å². The molecule has 0 heterocycles. The van der Waals surface area contributed by atoms with E-state index < -0.39 is 27.8 Å². The minimum absolute atomic E-state index is 0.403. The third-order valence-corrected chi connectivity index (χ3v) is 14.6. The maximum atomic E-state index is 5.82. The van der Waals surface area contributed by atoms with Gasteiger partial charge in [0.05, 0.1) is 0 Å². The number of rotatable bonds is 5. The summed E-state index contributed by atoms with van der Waals surface area (Å²) in [5.41, 5.74) is 0. The Morgan fingerprint density at radius 1 is 0.692 bits per heavy atom. The summed E-state index contributed by atoms with van der Waals surface area (Å²) in [6.45, 7) is 11.4. The van der Waals surface area contributed by atoms with E-state index >= 15 is 0 Å². The van der Waals surface area contributed by atoms with Crippen LogP contribution in [0.3, 0.4) is 0 Å². The van der Waals surface area contributed by atoms with Gasteiger partial charge >= 0.3 is 98.7 Å². The van der Waals surface area contributed by atoms with Gasteiger partial charge in [-0.05, 0) is 0 Å². The molecule has 0 aromatic heterocycles. The van der Waals surface area contributed by atoms with Gasteiger partial charge in [-0.2, -0.15) is 0 Å². The normalized spacial score (nSPS) is 10.2. The molecule has 0 saturated heterocycles. The second kappa shape index (κ2) is 13.4. The van der Waals surface area contributed by atoms with Crippen molar-refractivity contribution in [3.63, 3.8) is 0 Å². The molecule has 0 nitrogen and oxygen atoms in total. The summed E-state index contributed by atoms with van der Waals surface area (Å²) in [6, 6.07) is 0. The molecule has 0 fully saturated rings. The zero-order valence-electron chi connectivity index (χ0n) is 9.91. The number of hydrogen-bond acceptors (Lipinski definition) is 0. The van der Waals surface area contributed by atoms with Crippen LogP contribution in [0.15, 0.2) is 0 Å². The maximum absolute atomic E-state index is 5.82. The van der Waals surface area contributed by atoms with Crippen LogP contribution in [-0.4, -0.2) is 27.8 Å². The van der Waals surface area contributed by atoms with Crippen LogP contribution in [0.1, 0.15) is 34.6 Å². The molecule has 80 valence electrons. The SMILES string of the molecule is C[CH2][Ge]([CH2]C)[CH2]C.C[CH2][Ge]([Cl])[CH2]C. The van der Waals surface area contributed by atoms with Crippen LogP contribution >= 0.6 is 10.0 Å². The van der Waals surface area contributed by atoms with E-state index in [1.165, 1.54) is 26.3 Å². The van der Waals surface area contributed by atoms with Crippen molar-refractivity contribution >= 4 is 37.8 Å². The van der Waals surface area contributed by atoms with Crippen molar-refractivity contribution in [2.75, 3.05) is 0 Å². The van der Waals surface area contributed by atoms with Gasteiger partial charge in [-0.3, -0.25) is 0 Å². The van der Waals surface area contributed by atoms with E-state index in [1.807, 2.05) is 0 Å². The van der Waals surface area contributed by atoms with Gasteiger partial charge in [0.15, 0.2) is 0 Å². The van der Waals surface area contributed by atoms with E-state index in [4.69, 9.17) is 10.0 Å². The van der Waals surface area contributed by atoms with Crippen molar-refractivity contribution < 1.29 is 0 Å². The van der Waals surface area contributed by atoms with Gasteiger partial charge in [0.2, 0.25) is 0 Å². The third-order valence-electron chi connectivity index (χ3n) is 2.27. The van der Waals surface area contributed by atoms with Crippen molar-refractivity contribution in [2.24, 2.45) is 0 Å². The molecular weight excluding hydrogens is 301 g/mol. The third kappa shape index (κ3) is 13.4.